The van der Waals surface area contributed by atoms with E-state index in [1.165, 1.54) is 5.57 Å². The van der Waals surface area contributed by atoms with Crippen LogP contribution in [0.4, 0.5) is 0 Å². The summed E-state index contributed by atoms with van der Waals surface area (Å²) in [6.07, 6.45) is 7.24. The molecular formula is C17H30OSn. The minimum absolute atomic E-state index is 0.195. The molecular weight excluding hydrogens is 339 g/mol. The molecule has 1 aliphatic carbocycles. The molecule has 19 heavy (non-hydrogen) atoms. The van der Waals surface area contributed by atoms with Gasteiger partial charge in [-0.1, -0.05) is 0 Å². The molecule has 108 valence electrons. The van der Waals surface area contributed by atoms with Crippen molar-refractivity contribution in [1.82, 2.24) is 0 Å². The van der Waals surface area contributed by atoms with Gasteiger partial charge in [-0.3, -0.25) is 0 Å². The number of ketones is 1. The van der Waals surface area contributed by atoms with Crippen molar-refractivity contribution in [3.63, 3.8) is 0 Å². The molecule has 0 amide bonds. The van der Waals surface area contributed by atoms with Crippen molar-refractivity contribution < 1.29 is 4.79 Å². The summed E-state index contributed by atoms with van der Waals surface area (Å²) in [5.74, 6) is 0.790. The van der Waals surface area contributed by atoms with Crippen molar-refractivity contribution in [2.24, 2.45) is 11.3 Å². The third kappa shape index (κ3) is 4.47. The van der Waals surface area contributed by atoms with Crippen LogP contribution in [0.15, 0.2) is 21.3 Å². The fourth-order valence-corrected chi connectivity index (χ4v) is 4.77. The number of rotatable bonds is 4. The van der Waals surface area contributed by atoms with E-state index in [1.807, 2.05) is 6.08 Å². The van der Waals surface area contributed by atoms with Crippen LogP contribution in [0.2, 0.25) is 14.8 Å². The molecule has 1 aliphatic rings. The van der Waals surface area contributed by atoms with E-state index in [4.69, 9.17) is 0 Å². The maximum atomic E-state index is 11.7. The van der Waals surface area contributed by atoms with Gasteiger partial charge in [-0.25, -0.2) is 0 Å². The Hall–Kier alpha value is -0.0513. The second-order valence-corrected chi connectivity index (χ2v) is 22.7. The van der Waals surface area contributed by atoms with E-state index in [2.05, 4.69) is 48.6 Å². The quantitative estimate of drug-likeness (QED) is 0.627. The van der Waals surface area contributed by atoms with Gasteiger partial charge in [0.2, 0.25) is 0 Å². The van der Waals surface area contributed by atoms with Gasteiger partial charge >= 0.3 is 123 Å². The summed E-state index contributed by atoms with van der Waals surface area (Å²) in [7, 11) is 0. The number of carbonyl (C=O) groups excluding carboxylic acids is 1. The molecule has 0 spiro atoms. The van der Waals surface area contributed by atoms with Gasteiger partial charge < -0.3 is 0 Å². The van der Waals surface area contributed by atoms with Crippen molar-refractivity contribution in [3.05, 3.63) is 21.3 Å². The van der Waals surface area contributed by atoms with Gasteiger partial charge in [-0.05, 0) is 0 Å². The average Bonchev–Trinajstić information content (AvgIpc) is 2.28. The summed E-state index contributed by atoms with van der Waals surface area (Å²) < 4.78 is 1.65. The monoisotopic (exact) mass is 370 g/mol. The first-order chi connectivity index (χ1) is 8.56. The van der Waals surface area contributed by atoms with E-state index in [1.54, 1.807) is 3.59 Å². The van der Waals surface area contributed by atoms with Gasteiger partial charge in [0, 0.05) is 0 Å². The number of hydrogen-bond donors (Lipinski definition) is 0. The SMILES string of the molecule is C/[C](=C\CC1(C)CCC(=O)C=C1C(C)C)[Sn]([CH3])([CH3])[CH3]. The third-order valence-electron chi connectivity index (χ3n) is 4.60. The van der Waals surface area contributed by atoms with Gasteiger partial charge in [0.15, 0.2) is 0 Å². The Morgan fingerprint density at radius 2 is 2.00 bits per heavy atom. The molecule has 0 heterocycles. The van der Waals surface area contributed by atoms with E-state index >= 15 is 0 Å². The van der Waals surface area contributed by atoms with E-state index in [0.717, 1.165) is 19.3 Å². The zero-order valence-corrected chi connectivity index (χ0v) is 16.6. The van der Waals surface area contributed by atoms with E-state index in [0.29, 0.717) is 11.7 Å². The summed E-state index contributed by atoms with van der Waals surface area (Å²) >= 11 is -1.89. The molecule has 0 aromatic carbocycles. The van der Waals surface area contributed by atoms with Gasteiger partial charge in [0.25, 0.3) is 0 Å². The van der Waals surface area contributed by atoms with Crippen LogP contribution in [-0.4, -0.2) is 24.2 Å². The molecule has 0 radical (unpaired) electrons. The zero-order chi connectivity index (χ0) is 14.8. The molecule has 0 fully saturated rings. The van der Waals surface area contributed by atoms with Crippen molar-refractivity contribution in [2.45, 2.75) is 61.8 Å². The van der Waals surface area contributed by atoms with Gasteiger partial charge in [-0.15, -0.1) is 0 Å². The summed E-state index contributed by atoms with van der Waals surface area (Å²) in [4.78, 5) is 19.1. The summed E-state index contributed by atoms with van der Waals surface area (Å²) in [6, 6.07) is 0. The minimum atomic E-state index is -1.89. The first-order valence-electron chi connectivity index (χ1n) is 7.48. The number of allylic oxidation sites excluding steroid dienone is 4. The first kappa shape index (κ1) is 17.0. The van der Waals surface area contributed by atoms with E-state index in [9.17, 15) is 4.79 Å². The second-order valence-electron chi connectivity index (χ2n) is 7.62. The van der Waals surface area contributed by atoms with E-state index in [-0.39, 0.29) is 5.41 Å². The van der Waals surface area contributed by atoms with Crippen LogP contribution in [0.1, 0.15) is 47.0 Å². The molecule has 0 saturated heterocycles. The van der Waals surface area contributed by atoms with Crippen LogP contribution in [-0.2, 0) is 4.79 Å². The molecule has 2 heteroatoms. The Morgan fingerprint density at radius 1 is 1.42 bits per heavy atom. The predicted molar refractivity (Wildman–Crippen MR) is 87.0 cm³/mol. The van der Waals surface area contributed by atoms with Crippen molar-refractivity contribution in [2.75, 3.05) is 0 Å². The van der Waals surface area contributed by atoms with Crippen LogP contribution in [0.25, 0.3) is 0 Å². The third-order valence-corrected chi connectivity index (χ3v) is 11.9. The number of carbonyl (C=O) groups is 1. The Morgan fingerprint density at radius 3 is 2.47 bits per heavy atom. The average molecular weight is 369 g/mol. The molecule has 0 saturated carbocycles. The van der Waals surface area contributed by atoms with Crippen LogP contribution in [0.5, 0.6) is 0 Å². The van der Waals surface area contributed by atoms with Crippen LogP contribution >= 0.6 is 0 Å². The van der Waals surface area contributed by atoms with Crippen molar-refractivity contribution in [1.29, 1.82) is 0 Å². The molecule has 0 aliphatic heterocycles. The fraction of sp³-hybridized carbons (Fsp3) is 0.706. The standard InChI is InChI=1S/C14H21O.3CH3.Sn/c1-5-6-8-14(4)9-7-12(15)10-13(14)11(2)3;;;;/h6,10-11H,7-9H2,1-4H3;3*1H3;. The molecule has 1 atom stereocenters. The topological polar surface area (TPSA) is 17.1 Å². The predicted octanol–water partition coefficient (Wildman–Crippen LogP) is 5.15. The maximum absolute atomic E-state index is 11.7. The van der Waals surface area contributed by atoms with Gasteiger partial charge in [0.05, 0.1) is 0 Å². The molecule has 1 unspecified atom stereocenters. The van der Waals surface area contributed by atoms with Gasteiger partial charge in [0.1, 0.15) is 0 Å². The summed E-state index contributed by atoms with van der Waals surface area (Å²) in [5, 5.41) is 0. The van der Waals surface area contributed by atoms with Crippen LogP contribution < -0.4 is 0 Å². The number of hydrogen-bond acceptors (Lipinski definition) is 1. The molecule has 0 aromatic heterocycles. The fourth-order valence-electron chi connectivity index (χ4n) is 2.73. The van der Waals surface area contributed by atoms with Crippen molar-refractivity contribution >= 4 is 24.2 Å². The molecule has 0 N–H and O–H groups in total. The van der Waals surface area contributed by atoms with Crippen LogP contribution in [0, 0.1) is 11.3 Å². The van der Waals surface area contributed by atoms with Gasteiger partial charge in [-0.2, -0.15) is 0 Å². The second kappa shape index (κ2) is 6.15. The van der Waals surface area contributed by atoms with Crippen molar-refractivity contribution in [3.8, 4) is 0 Å². The molecule has 1 nitrogen and oxygen atoms in total. The summed E-state index contributed by atoms with van der Waals surface area (Å²) in [6.45, 7) is 9.07. The first-order valence-corrected chi connectivity index (χ1v) is 17.5. The Bertz CT molecular complexity index is 409. The summed E-state index contributed by atoms with van der Waals surface area (Å²) in [5.41, 5.74) is 1.55. The van der Waals surface area contributed by atoms with Crippen LogP contribution in [0.3, 0.4) is 0 Å². The molecule has 1 rings (SSSR count). The normalized spacial score (nSPS) is 25.8. The Kier molecular flexibility index (Phi) is 5.51. The molecule has 0 bridgehead atoms. The van der Waals surface area contributed by atoms with E-state index < -0.39 is 18.4 Å². The molecule has 0 aromatic rings. The zero-order valence-electron chi connectivity index (χ0n) is 13.8. The Labute approximate surface area is 123 Å². The Balaban J connectivity index is 2.97.